The van der Waals surface area contributed by atoms with Crippen LogP contribution in [-0.2, 0) is 0 Å². The van der Waals surface area contributed by atoms with Gasteiger partial charge in [-0.15, -0.1) is 0 Å². The van der Waals surface area contributed by atoms with Crippen molar-refractivity contribution < 1.29 is 4.79 Å². The van der Waals surface area contributed by atoms with Gasteiger partial charge in [-0.1, -0.05) is 37.6 Å². The summed E-state index contributed by atoms with van der Waals surface area (Å²) >= 11 is 6.08. The van der Waals surface area contributed by atoms with Crippen LogP contribution in [0.5, 0.6) is 0 Å². The van der Waals surface area contributed by atoms with Gasteiger partial charge in [0, 0.05) is 17.3 Å². The lowest BCUT2D eigenvalue weighted by atomic mass is 10.2. The van der Waals surface area contributed by atoms with Crippen LogP contribution in [-0.4, -0.2) is 47.0 Å². The molecule has 152 valence electrons. The number of halogens is 1. The van der Waals surface area contributed by atoms with Gasteiger partial charge < -0.3 is 15.5 Å². The maximum Gasteiger partial charge on any atom is 0.271 e. The van der Waals surface area contributed by atoms with Crippen molar-refractivity contribution in [1.82, 2.24) is 14.9 Å². The summed E-state index contributed by atoms with van der Waals surface area (Å²) < 4.78 is 0. The predicted molar refractivity (Wildman–Crippen MR) is 119 cm³/mol. The highest BCUT2D eigenvalue weighted by molar-refractivity contribution is 6.30. The summed E-state index contributed by atoms with van der Waals surface area (Å²) in [5.74, 6) is -0.126. The number of nitrogens with zero attached hydrogens (tertiary/aromatic N) is 4. The van der Waals surface area contributed by atoms with Crippen LogP contribution in [0.15, 0.2) is 48.5 Å². The summed E-state index contributed by atoms with van der Waals surface area (Å²) in [5.41, 5.74) is 8.09. The lowest BCUT2D eigenvalue weighted by Gasteiger charge is -2.27. The molecule has 0 atom stereocenters. The number of primary amides is 1. The molecule has 0 saturated carbocycles. The molecule has 7 heteroatoms. The molecule has 0 aliphatic heterocycles. The molecule has 0 saturated heterocycles. The molecule has 1 heterocycles. The normalized spacial score (nSPS) is 11.2. The van der Waals surface area contributed by atoms with E-state index in [9.17, 15) is 4.79 Å². The summed E-state index contributed by atoms with van der Waals surface area (Å²) in [4.78, 5) is 25.8. The highest BCUT2D eigenvalue weighted by atomic mass is 35.5. The predicted octanol–water partition coefficient (Wildman–Crippen LogP) is 4.25. The first kappa shape index (κ1) is 21.0. The van der Waals surface area contributed by atoms with E-state index in [1.54, 1.807) is 0 Å². The van der Waals surface area contributed by atoms with Gasteiger partial charge in [-0.2, -0.15) is 0 Å². The molecule has 0 fully saturated rings. The molecule has 3 aromatic rings. The standard InChI is InChI=1S/C22H26ClN5O/c1-3-27(4-2)14-7-15-28(17-12-10-16(23)11-13-17)22-20(21(24)29)25-18-8-5-6-9-19(18)26-22/h5-6,8-13H,3-4,7,14-15H2,1-2H3,(H2,24,29). The fraction of sp³-hybridized carbons (Fsp3) is 0.318. The second kappa shape index (κ2) is 9.67. The summed E-state index contributed by atoms with van der Waals surface area (Å²) in [5, 5.41) is 0.650. The maximum atomic E-state index is 12.2. The fourth-order valence-electron chi connectivity index (χ4n) is 3.31. The third-order valence-electron chi connectivity index (χ3n) is 4.93. The van der Waals surface area contributed by atoms with Crippen molar-refractivity contribution in [2.24, 2.45) is 5.73 Å². The first-order chi connectivity index (χ1) is 14.0. The molecule has 0 unspecified atom stereocenters. The Morgan fingerprint density at radius 2 is 1.59 bits per heavy atom. The molecule has 0 spiro atoms. The number of nitrogens with two attached hydrogens (primary N) is 1. The zero-order chi connectivity index (χ0) is 20.8. The zero-order valence-corrected chi connectivity index (χ0v) is 17.6. The SMILES string of the molecule is CCN(CC)CCCN(c1ccc(Cl)cc1)c1nc2ccccc2nc1C(N)=O. The molecule has 6 nitrogen and oxygen atoms in total. The van der Waals surface area contributed by atoms with E-state index in [4.69, 9.17) is 22.3 Å². The second-order valence-electron chi connectivity index (χ2n) is 6.76. The van der Waals surface area contributed by atoms with E-state index in [1.807, 2.05) is 53.4 Å². The molecule has 0 aliphatic rings. The van der Waals surface area contributed by atoms with Crippen LogP contribution in [0.25, 0.3) is 11.0 Å². The minimum absolute atomic E-state index is 0.168. The largest absolute Gasteiger partial charge is 0.364 e. The van der Waals surface area contributed by atoms with Crippen molar-refractivity contribution in [3.8, 4) is 0 Å². The molecule has 2 N–H and O–H groups in total. The zero-order valence-electron chi connectivity index (χ0n) is 16.8. The maximum absolute atomic E-state index is 12.2. The molecular formula is C22H26ClN5O. The Kier molecular flexibility index (Phi) is 7.01. The van der Waals surface area contributed by atoms with E-state index in [0.29, 0.717) is 22.9 Å². The van der Waals surface area contributed by atoms with Gasteiger partial charge >= 0.3 is 0 Å². The third-order valence-corrected chi connectivity index (χ3v) is 5.18. The molecule has 1 aromatic heterocycles. The Labute approximate surface area is 176 Å². The Bertz CT molecular complexity index is 973. The molecule has 3 rings (SSSR count). The highest BCUT2D eigenvalue weighted by Gasteiger charge is 2.21. The van der Waals surface area contributed by atoms with Crippen molar-refractivity contribution in [3.63, 3.8) is 0 Å². The highest BCUT2D eigenvalue weighted by Crippen LogP contribution is 2.29. The number of fused-ring (bicyclic) bond motifs is 1. The van der Waals surface area contributed by atoms with Gasteiger partial charge in [-0.05, 0) is 62.5 Å². The number of hydrogen-bond acceptors (Lipinski definition) is 5. The lowest BCUT2D eigenvalue weighted by Crippen LogP contribution is -2.30. The van der Waals surface area contributed by atoms with Crippen LogP contribution >= 0.6 is 11.6 Å². The Morgan fingerprint density at radius 1 is 0.966 bits per heavy atom. The Hall–Kier alpha value is -2.70. The molecule has 0 radical (unpaired) electrons. The number of anilines is 2. The monoisotopic (exact) mass is 411 g/mol. The van der Waals surface area contributed by atoms with Gasteiger partial charge in [0.1, 0.15) is 0 Å². The van der Waals surface area contributed by atoms with E-state index >= 15 is 0 Å². The van der Waals surface area contributed by atoms with Crippen LogP contribution < -0.4 is 10.6 Å². The summed E-state index contributed by atoms with van der Waals surface area (Å²) in [6.07, 6.45) is 0.900. The van der Waals surface area contributed by atoms with Crippen molar-refractivity contribution in [2.45, 2.75) is 20.3 Å². The Balaban J connectivity index is 2.03. The van der Waals surface area contributed by atoms with Gasteiger partial charge in [0.15, 0.2) is 11.5 Å². The van der Waals surface area contributed by atoms with E-state index in [-0.39, 0.29) is 5.69 Å². The van der Waals surface area contributed by atoms with Crippen molar-refractivity contribution in [3.05, 3.63) is 59.2 Å². The Morgan fingerprint density at radius 3 is 2.17 bits per heavy atom. The van der Waals surface area contributed by atoms with Crippen molar-refractivity contribution >= 4 is 40.0 Å². The fourth-order valence-corrected chi connectivity index (χ4v) is 3.44. The van der Waals surface area contributed by atoms with E-state index < -0.39 is 5.91 Å². The number of aromatic nitrogens is 2. The van der Waals surface area contributed by atoms with E-state index in [2.05, 4.69) is 23.7 Å². The average Bonchev–Trinajstić information content (AvgIpc) is 2.74. The van der Waals surface area contributed by atoms with Crippen LogP contribution in [0.4, 0.5) is 11.5 Å². The number of benzene rings is 2. The smallest absolute Gasteiger partial charge is 0.271 e. The number of para-hydroxylation sites is 2. The minimum atomic E-state index is -0.596. The second-order valence-corrected chi connectivity index (χ2v) is 7.19. The molecule has 0 aliphatic carbocycles. The van der Waals surface area contributed by atoms with Crippen LogP contribution in [0, 0.1) is 0 Å². The van der Waals surface area contributed by atoms with Gasteiger partial charge in [0.2, 0.25) is 0 Å². The van der Waals surface area contributed by atoms with Gasteiger partial charge in [-0.25, -0.2) is 9.97 Å². The first-order valence-electron chi connectivity index (χ1n) is 9.85. The molecular weight excluding hydrogens is 386 g/mol. The number of carbonyl (C=O) groups is 1. The molecule has 1 amide bonds. The van der Waals surface area contributed by atoms with Gasteiger partial charge in [0.05, 0.1) is 11.0 Å². The van der Waals surface area contributed by atoms with Crippen LogP contribution in [0.1, 0.15) is 30.8 Å². The quantitative estimate of drug-likeness (QED) is 0.569. The first-order valence-corrected chi connectivity index (χ1v) is 10.2. The minimum Gasteiger partial charge on any atom is -0.364 e. The summed E-state index contributed by atoms with van der Waals surface area (Å²) in [6, 6.07) is 15.0. The van der Waals surface area contributed by atoms with Crippen molar-refractivity contribution in [1.29, 1.82) is 0 Å². The molecule has 29 heavy (non-hydrogen) atoms. The number of rotatable bonds is 9. The van der Waals surface area contributed by atoms with Crippen molar-refractivity contribution in [2.75, 3.05) is 31.1 Å². The van der Waals surface area contributed by atoms with Crippen LogP contribution in [0.3, 0.4) is 0 Å². The van der Waals surface area contributed by atoms with E-state index in [1.165, 1.54) is 0 Å². The lowest BCUT2D eigenvalue weighted by molar-refractivity contribution is 0.0996. The number of amides is 1. The average molecular weight is 412 g/mol. The number of carbonyl (C=O) groups excluding carboxylic acids is 1. The molecule has 2 aromatic carbocycles. The number of hydrogen-bond donors (Lipinski definition) is 1. The molecule has 0 bridgehead atoms. The van der Waals surface area contributed by atoms with Crippen LogP contribution in [0.2, 0.25) is 5.02 Å². The van der Waals surface area contributed by atoms with Gasteiger partial charge in [-0.3, -0.25) is 4.79 Å². The van der Waals surface area contributed by atoms with Gasteiger partial charge in [0.25, 0.3) is 5.91 Å². The summed E-state index contributed by atoms with van der Waals surface area (Å²) in [7, 11) is 0. The van der Waals surface area contributed by atoms with E-state index in [0.717, 1.165) is 37.3 Å². The summed E-state index contributed by atoms with van der Waals surface area (Å²) in [6.45, 7) is 7.93. The third kappa shape index (κ3) is 5.02. The topological polar surface area (TPSA) is 75.3 Å².